The second-order valence-electron chi connectivity index (χ2n) is 3.97. The van der Waals surface area contributed by atoms with Crippen LogP contribution in [0.2, 0.25) is 0 Å². The van der Waals surface area contributed by atoms with Gasteiger partial charge >= 0.3 is 0 Å². The fourth-order valence-corrected chi connectivity index (χ4v) is 2.78. The summed E-state index contributed by atoms with van der Waals surface area (Å²) >= 11 is 1.67. The Bertz CT molecular complexity index is 426. The van der Waals surface area contributed by atoms with Gasteiger partial charge in [-0.05, 0) is 26.8 Å². The van der Waals surface area contributed by atoms with Gasteiger partial charge in [-0.25, -0.2) is 13.4 Å². The molecule has 16 heavy (non-hydrogen) atoms. The fraction of sp³-hybridized carbons (Fsp3) is 0.700. The lowest BCUT2D eigenvalue weighted by molar-refractivity contribution is 0.560. The van der Waals surface area contributed by atoms with Crippen LogP contribution in [0.25, 0.3) is 0 Å². The maximum atomic E-state index is 10.9. The first-order chi connectivity index (χ1) is 7.38. The van der Waals surface area contributed by atoms with Crippen LogP contribution in [0.15, 0.2) is 6.20 Å². The quantitative estimate of drug-likeness (QED) is 0.790. The van der Waals surface area contributed by atoms with Crippen LogP contribution in [0.5, 0.6) is 0 Å². The SMILES string of the molecule is Cc1cnc(C(C)NCCCS(C)(=O)=O)s1. The number of sulfone groups is 1. The van der Waals surface area contributed by atoms with E-state index in [4.69, 9.17) is 0 Å². The predicted molar refractivity (Wildman–Crippen MR) is 67.6 cm³/mol. The van der Waals surface area contributed by atoms with E-state index in [2.05, 4.69) is 10.3 Å². The van der Waals surface area contributed by atoms with E-state index >= 15 is 0 Å². The standard InChI is InChI=1S/C10H18N2O2S2/c1-8-7-12-10(15-8)9(2)11-5-4-6-16(3,13)14/h7,9,11H,4-6H2,1-3H3. The third-order valence-corrected chi connectivity index (χ3v) is 4.28. The van der Waals surface area contributed by atoms with Gasteiger partial charge in [0, 0.05) is 17.3 Å². The van der Waals surface area contributed by atoms with Crippen molar-refractivity contribution in [1.29, 1.82) is 0 Å². The molecule has 1 unspecified atom stereocenters. The highest BCUT2D eigenvalue weighted by molar-refractivity contribution is 7.90. The van der Waals surface area contributed by atoms with Crippen LogP contribution in [0.3, 0.4) is 0 Å². The van der Waals surface area contributed by atoms with Gasteiger partial charge in [0.05, 0.1) is 11.8 Å². The molecule has 0 fully saturated rings. The lowest BCUT2D eigenvalue weighted by atomic mass is 10.3. The van der Waals surface area contributed by atoms with Crippen molar-refractivity contribution in [1.82, 2.24) is 10.3 Å². The number of thiazole rings is 1. The Morgan fingerprint density at radius 3 is 2.75 bits per heavy atom. The molecule has 0 saturated heterocycles. The van der Waals surface area contributed by atoms with Crippen LogP contribution >= 0.6 is 11.3 Å². The first-order valence-electron chi connectivity index (χ1n) is 5.22. The number of hydrogen-bond acceptors (Lipinski definition) is 5. The molecule has 1 rings (SSSR count). The van der Waals surface area contributed by atoms with E-state index in [1.807, 2.05) is 20.0 Å². The Balaban J connectivity index is 2.28. The zero-order valence-corrected chi connectivity index (χ0v) is 11.5. The third kappa shape index (κ3) is 5.05. The summed E-state index contributed by atoms with van der Waals surface area (Å²) < 4.78 is 21.8. The number of aromatic nitrogens is 1. The molecule has 92 valence electrons. The van der Waals surface area contributed by atoms with Gasteiger partial charge in [-0.3, -0.25) is 0 Å². The first-order valence-corrected chi connectivity index (χ1v) is 8.09. The average Bonchev–Trinajstić information content (AvgIpc) is 2.57. The van der Waals surface area contributed by atoms with E-state index in [-0.39, 0.29) is 11.8 Å². The molecular formula is C10H18N2O2S2. The van der Waals surface area contributed by atoms with Gasteiger partial charge in [0.15, 0.2) is 0 Å². The molecule has 0 aliphatic rings. The third-order valence-electron chi connectivity index (χ3n) is 2.15. The van der Waals surface area contributed by atoms with Crippen LogP contribution in [-0.4, -0.2) is 32.0 Å². The summed E-state index contributed by atoms with van der Waals surface area (Å²) in [5.74, 6) is 0.240. The lowest BCUT2D eigenvalue weighted by Gasteiger charge is -2.10. The summed E-state index contributed by atoms with van der Waals surface area (Å²) in [5.41, 5.74) is 0. The average molecular weight is 262 g/mol. The second kappa shape index (κ2) is 5.75. The predicted octanol–water partition coefficient (Wildman–Crippen LogP) is 1.54. The van der Waals surface area contributed by atoms with E-state index in [1.165, 1.54) is 11.1 Å². The van der Waals surface area contributed by atoms with Crippen molar-refractivity contribution in [2.24, 2.45) is 0 Å². The van der Waals surface area contributed by atoms with E-state index in [0.717, 1.165) is 5.01 Å². The summed E-state index contributed by atoms with van der Waals surface area (Å²) in [6.45, 7) is 4.77. The summed E-state index contributed by atoms with van der Waals surface area (Å²) in [4.78, 5) is 5.48. The molecule has 0 spiro atoms. The van der Waals surface area contributed by atoms with Crippen LogP contribution in [0.1, 0.15) is 29.3 Å². The molecule has 1 atom stereocenters. The first kappa shape index (κ1) is 13.6. The van der Waals surface area contributed by atoms with Gasteiger partial charge in [-0.15, -0.1) is 11.3 Å². The molecule has 0 saturated carbocycles. The molecule has 0 amide bonds. The van der Waals surface area contributed by atoms with Crippen molar-refractivity contribution in [3.8, 4) is 0 Å². The molecule has 6 heteroatoms. The molecule has 0 bridgehead atoms. The van der Waals surface area contributed by atoms with Crippen molar-refractivity contribution >= 4 is 21.2 Å². The van der Waals surface area contributed by atoms with Crippen LogP contribution in [0.4, 0.5) is 0 Å². The highest BCUT2D eigenvalue weighted by Crippen LogP contribution is 2.18. The van der Waals surface area contributed by atoms with Crippen LogP contribution in [-0.2, 0) is 9.84 Å². The molecule has 4 nitrogen and oxygen atoms in total. The Hall–Kier alpha value is -0.460. The largest absolute Gasteiger partial charge is 0.308 e. The van der Waals surface area contributed by atoms with Gasteiger partial charge in [-0.2, -0.15) is 0 Å². The number of hydrogen-bond donors (Lipinski definition) is 1. The summed E-state index contributed by atoms with van der Waals surface area (Å²) in [6.07, 6.45) is 3.77. The second-order valence-corrected chi connectivity index (χ2v) is 7.49. The minimum absolute atomic E-state index is 0.193. The summed E-state index contributed by atoms with van der Waals surface area (Å²) in [7, 11) is -2.84. The Morgan fingerprint density at radius 1 is 1.56 bits per heavy atom. The van der Waals surface area contributed by atoms with Gasteiger partial charge in [0.1, 0.15) is 14.8 Å². The fourth-order valence-electron chi connectivity index (χ4n) is 1.31. The highest BCUT2D eigenvalue weighted by atomic mass is 32.2. The number of rotatable bonds is 6. The zero-order chi connectivity index (χ0) is 12.2. The summed E-state index contributed by atoms with van der Waals surface area (Å²) in [5, 5.41) is 4.32. The maximum Gasteiger partial charge on any atom is 0.147 e. The molecule has 1 aromatic heterocycles. The Kier molecular flexibility index (Phi) is 4.89. The number of aryl methyl sites for hydroxylation is 1. The summed E-state index contributed by atoms with van der Waals surface area (Å²) in [6, 6.07) is 0.193. The molecule has 1 aromatic rings. The molecule has 1 heterocycles. The monoisotopic (exact) mass is 262 g/mol. The molecule has 0 aliphatic carbocycles. The van der Waals surface area contributed by atoms with E-state index in [0.29, 0.717) is 13.0 Å². The normalized spacial score (nSPS) is 13.9. The molecule has 0 aromatic carbocycles. The number of nitrogens with zero attached hydrogens (tertiary/aromatic N) is 1. The van der Waals surface area contributed by atoms with Crippen molar-refractivity contribution in [3.63, 3.8) is 0 Å². The lowest BCUT2D eigenvalue weighted by Crippen LogP contribution is -2.21. The Labute approximate surface area is 101 Å². The molecule has 0 radical (unpaired) electrons. The zero-order valence-electron chi connectivity index (χ0n) is 9.86. The van der Waals surface area contributed by atoms with E-state index < -0.39 is 9.84 Å². The van der Waals surface area contributed by atoms with Crippen molar-refractivity contribution in [2.45, 2.75) is 26.3 Å². The topological polar surface area (TPSA) is 59.1 Å². The molecular weight excluding hydrogens is 244 g/mol. The van der Waals surface area contributed by atoms with Crippen molar-refractivity contribution < 1.29 is 8.42 Å². The van der Waals surface area contributed by atoms with Gasteiger partial charge in [0.25, 0.3) is 0 Å². The minimum atomic E-state index is -2.84. The highest BCUT2D eigenvalue weighted by Gasteiger charge is 2.08. The molecule has 1 N–H and O–H groups in total. The van der Waals surface area contributed by atoms with Crippen LogP contribution < -0.4 is 5.32 Å². The van der Waals surface area contributed by atoms with Gasteiger partial charge in [-0.1, -0.05) is 0 Å². The van der Waals surface area contributed by atoms with Crippen molar-refractivity contribution in [2.75, 3.05) is 18.6 Å². The van der Waals surface area contributed by atoms with Gasteiger partial charge in [0.2, 0.25) is 0 Å². The maximum absolute atomic E-state index is 10.9. The van der Waals surface area contributed by atoms with Gasteiger partial charge < -0.3 is 5.32 Å². The minimum Gasteiger partial charge on any atom is -0.308 e. The Morgan fingerprint density at radius 2 is 2.25 bits per heavy atom. The smallest absolute Gasteiger partial charge is 0.147 e. The van der Waals surface area contributed by atoms with Crippen molar-refractivity contribution in [3.05, 3.63) is 16.1 Å². The molecule has 0 aliphatic heterocycles. The van der Waals surface area contributed by atoms with Crippen LogP contribution in [0, 0.1) is 6.92 Å². The number of nitrogens with one attached hydrogen (secondary N) is 1. The van der Waals surface area contributed by atoms with E-state index in [9.17, 15) is 8.42 Å². The van der Waals surface area contributed by atoms with E-state index in [1.54, 1.807) is 11.3 Å².